The quantitative estimate of drug-likeness (QED) is 0.700. The summed E-state index contributed by atoms with van der Waals surface area (Å²) in [5, 5.41) is 0. The molecule has 0 amide bonds. The molecule has 0 saturated carbocycles. The van der Waals surface area contributed by atoms with E-state index < -0.39 is 0 Å². The monoisotopic (exact) mass is 360 g/mol. The van der Waals surface area contributed by atoms with Crippen molar-refractivity contribution < 1.29 is 4.39 Å². The van der Waals surface area contributed by atoms with Crippen molar-refractivity contribution in [1.82, 2.24) is 9.38 Å². The molecular formula is C18H21FN4OS. The normalized spacial score (nSPS) is 11.1. The second-order valence-corrected chi connectivity index (χ2v) is 7.25. The molecular weight excluding hydrogens is 339 g/mol. The topological polar surface area (TPSA) is 40.9 Å². The number of hydrogen-bond acceptors (Lipinski definition) is 5. The van der Waals surface area contributed by atoms with E-state index in [1.165, 1.54) is 23.5 Å². The minimum absolute atomic E-state index is 0.0804. The van der Waals surface area contributed by atoms with Gasteiger partial charge >= 0.3 is 0 Å². The maximum atomic E-state index is 13.1. The van der Waals surface area contributed by atoms with Gasteiger partial charge in [0.2, 0.25) is 0 Å². The number of aryl methyl sites for hydroxylation is 1. The number of fused-ring (bicyclic) bond motifs is 1. The lowest BCUT2D eigenvalue weighted by atomic mass is 10.2. The van der Waals surface area contributed by atoms with Crippen LogP contribution in [0.25, 0.3) is 4.96 Å². The van der Waals surface area contributed by atoms with Crippen LogP contribution < -0.4 is 15.4 Å². The summed E-state index contributed by atoms with van der Waals surface area (Å²) in [4.78, 5) is 23.0. The molecule has 0 atom stereocenters. The van der Waals surface area contributed by atoms with Gasteiger partial charge in [-0.1, -0.05) is 11.3 Å². The van der Waals surface area contributed by atoms with Crippen LogP contribution in [-0.4, -0.2) is 30.0 Å². The van der Waals surface area contributed by atoms with Crippen LogP contribution in [0.1, 0.15) is 17.5 Å². The van der Waals surface area contributed by atoms with Gasteiger partial charge in [-0.25, -0.2) is 13.8 Å². The van der Waals surface area contributed by atoms with Gasteiger partial charge in [0.05, 0.1) is 12.2 Å². The minimum Gasteiger partial charge on any atom is -0.366 e. The van der Waals surface area contributed by atoms with Crippen molar-refractivity contribution in [2.75, 3.05) is 30.4 Å². The summed E-state index contributed by atoms with van der Waals surface area (Å²) in [6, 6.07) is 7.94. The van der Waals surface area contributed by atoms with E-state index in [4.69, 9.17) is 0 Å². The number of aromatic nitrogens is 2. The molecule has 25 heavy (non-hydrogen) atoms. The molecule has 1 aromatic carbocycles. The Hall–Kier alpha value is -2.41. The van der Waals surface area contributed by atoms with Crippen LogP contribution in [-0.2, 0) is 6.54 Å². The molecule has 0 aliphatic carbocycles. The van der Waals surface area contributed by atoms with Crippen molar-refractivity contribution >= 4 is 27.8 Å². The summed E-state index contributed by atoms with van der Waals surface area (Å²) in [6.45, 7) is 5.25. The second kappa shape index (κ2) is 6.84. The fourth-order valence-electron chi connectivity index (χ4n) is 2.94. The highest BCUT2D eigenvalue weighted by molar-refractivity contribution is 7.17. The first-order valence-corrected chi connectivity index (χ1v) is 8.92. The van der Waals surface area contributed by atoms with E-state index >= 15 is 0 Å². The molecule has 0 saturated heterocycles. The second-order valence-electron chi connectivity index (χ2n) is 6.07. The first-order chi connectivity index (χ1) is 11.9. The number of benzene rings is 1. The molecule has 132 valence electrons. The number of thiazole rings is 1. The Kier molecular flexibility index (Phi) is 4.76. The van der Waals surface area contributed by atoms with Crippen LogP contribution in [0.2, 0.25) is 0 Å². The van der Waals surface area contributed by atoms with Crippen molar-refractivity contribution in [2.45, 2.75) is 20.4 Å². The van der Waals surface area contributed by atoms with Crippen LogP contribution >= 0.6 is 11.3 Å². The molecule has 0 aliphatic rings. The van der Waals surface area contributed by atoms with Gasteiger partial charge in [-0.2, -0.15) is 0 Å². The van der Waals surface area contributed by atoms with E-state index in [9.17, 15) is 9.18 Å². The third kappa shape index (κ3) is 3.37. The molecule has 2 heterocycles. The van der Waals surface area contributed by atoms with Gasteiger partial charge in [0.15, 0.2) is 4.96 Å². The molecule has 0 fully saturated rings. The Morgan fingerprint density at radius 1 is 1.24 bits per heavy atom. The van der Waals surface area contributed by atoms with Gasteiger partial charge in [0, 0.05) is 37.3 Å². The third-order valence-corrected chi connectivity index (χ3v) is 5.01. The number of halogens is 1. The summed E-state index contributed by atoms with van der Waals surface area (Å²) in [5.74, 6) is 0.609. The maximum Gasteiger partial charge on any atom is 0.260 e. The predicted octanol–water partition coefficient (Wildman–Crippen LogP) is 3.30. The lowest BCUT2D eigenvalue weighted by Crippen LogP contribution is -2.25. The Labute approximate surface area is 150 Å². The smallest absolute Gasteiger partial charge is 0.260 e. The highest BCUT2D eigenvalue weighted by Crippen LogP contribution is 2.26. The van der Waals surface area contributed by atoms with Crippen LogP contribution in [0.15, 0.2) is 35.1 Å². The van der Waals surface area contributed by atoms with Crippen molar-refractivity contribution in [1.29, 1.82) is 0 Å². The molecule has 7 heteroatoms. The van der Waals surface area contributed by atoms with E-state index in [0.717, 1.165) is 22.9 Å². The van der Waals surface area contributed by atoms with E-state index in [2.05, 4.69) is 9.88 Å². The first kappa shape index (κ1) is 17.4. The number of hydrogen-bond donors (Lipinski definition) is 0. The Morgan fingerprint density at radius 3 is 2.52 bits per heavy atom. The number of rotatable bonds is 5. The highest BCUT2D eigenvalue weighted by atomic mass is 32.1. The molecule has 0 bridgehead atoms. The van der Waals surface area contributed by atoms with Gasteiger partial charge < -0.3 is 9.80 Å². The van der Waals surface area contributed by atoms with Gasteiger partial charge in [0.25, 0.3) is 5.56 Å². The Bertz CT molecular complexity index is 946. The van der Waals surface area contributed by atoms with Crippen LogP contribution in [0.4, 0.5) is 15.9 Å². The predicted molar refractivity (Wildman–Crippen MR) is 102 cm³/mol. The highest BCUT2D eigenvalue weighted by Gasteiger charge is 2.15. The van der Waals surface area contributed by atoms with E-state index in [1.54, 1.807) is 22.6 Å². The molecule has 3 aromatic rings. The van der Waals surface area contributed by atoms with Crippen LogP contribution in [0, 0.1) is 12.7 Å². The summed E-state index contributed by atoms with van der Waals surface area (Å²) in [5.41, 5.74) is 1.54. The molecule has 3 rings (SSSR count). The summed E-state index contributed by atoms with van der Waals surface area (Å²) >= 11 is 1.51. The molecule has 0 spiro atoms. The van der Waals surface area contributed by atoms with E-state index in [1.807, 2.05) is 32.8 Å². The van der Waals surface area contributed by atoms with Gasteiger partial charge in [-0.15, -0.1) is 0 Å². The van der Waals surface area contributed by atoms with Gasteiger partial charge in [-0.05, 0) is 38.1 Å². The number of nitrogens with zero attached hydrogens (tertiary/aromatic N) is 4. The molecule has 0 N–H and O–H groups in total. The SMILES string of the molecule is CCN(Cc1cc(=O)n2c(N(C)C)c(C)sc2n1)c1ccc(F)cc1. The zero-order chi connectivity index (χ0) is 18.1. The lowest BCUT2D eigenvalue weighted by molar-refractivity contribution is 0.627. The summed E-state index contributed by atoms with van der Waals surface area (Å²) in [7, 11) is 3.84. The standard InChI is InChI=1S/C18H21FN4OS/c1-5-22(15-8-6-13(19)7-9-15)11-14-10-16(24)23-17(21(3)4)12(2)25-18(23)20-14/h6-10H,5,11H2,1-4H3. The Balaban J connectivity index is 1.99. The molecule has 0 unspecified atom stereocenters. The molecule has 2 aromatic heterocycles. The fraction of sp³-hybridized carbons (Fsp3) is 0.333. The minimum atomic E-state index is -0.261. The van der Waals surface area contributed by atoms with Crippen LogP contribution in [0.5, 0.6) is 0 Å². The average molecular weight is 360 g/mol. The van der Waals surface area contributed by atoms with Crippen LogP contribution in [0.3, 0.4) is 0 Å². The van der Waals surface area contributed by atoms with E-state index in [0.29, 0.717) is 17.2 Å². The third-order valence-electron chi connectivity index (χ3n) is 4.06. The molecule has 5 nitrogen and oxygen atoms in total. The lowest BCUT2D eigenvalue weighted by Gasteiger charge is -2.22. The van der Waals surface area contributed by atoms with Crippen molar-refractivity contribution in [2.24, 2.45) is 0 Å². The summed E-state index contributed by atoms with van der Waals surface area (Å²) < 4.78 is 14.8. The van der Waals surface area contributed by atoms with Crippen molar-refractivity contribution in [3.05, 3.63) is 57.1 Å². The zero-order valence-corrected chi connectivity index (χ0v) is 15.6. The van der Waals surface area contributed by atoms with E-state index in [-0.39, 0.29) is 11.4 Å². The zero-order valence-electron chi connectivity index (χ0n) is 14.8. The molecule has 0 aliphatic heterocycles. The largest absolute Gasteiger partial charge is 0.366 e. The van der Waals surface area contributed by atoms with Crippen molar-refractivity contribution in [3.63, 3.8) is 0 Å². The fourth-order valence-corrected chi connectivity index (χ4v) is 4.01. The van der Waals surface area contributed by atoms with Gasteiger partial charge in [-0.3, -0.25) is 4.79 Å². The average Bonchev–Trinajstić information content (AvgIpc) is 2.90. The maximum absolute atomic E-state index is 13.1. The van der Waals surface area contributed by atoms with Gasteiger partial charge in [0.1, 0.15) is 11.6 Å². The van der Waals surface area contributed by atoms with Crippen molar-refractivity contribution in [3.8, 4) is 0 Å². The summed E-state index contributed by atoms with van der Waals surface area (Å²) in [6.07, 6.45) is 0. The first-order valence-electron chi connectivity index (χ1n) is 8.10. The Morgan fingerprint density at radius 2 is 1.92 bits per heavy atom. The number of anilines is 2. The molecule has 0 radical (unpaired) electrons.